The molecule has 0 spiro atoms. The van der Waals surface area contributed by atoms with Gasteiger partial charge in [-0.3, -0.25) is 9.48 Å². The predicted octanol–water partition coefficient (Wildman–Crippen LogP) is 1.61. The van der Waals surface area contributed by atoms with Crippen LogP contribution in [0, 0.1) is 6.92 Å². The molecule has 6 nitrogen and oxygen atoms in total. The molecule has 0 saturated carbocycles. The highest BCUT2D eigenvalue weighted by Gasteiger charge is 2.17. The normalized spacial score (nSPS) is 10.4. The molecule has 94 valence electrons. The molecule has 0 radical (unpaired) electrons. The number of carbonyl (C=O) groups is 1. The maximum absolute atomic E-state index is 12.1. The number of nitrogen functional groups attached to an aromatic ring is 1. The summed E-state index contributed by atoms with van der Waals surface area (Å²) in [6, 6.07) is 3.20. The largest absolute Gasteiger partial charge is 0.395 e. The molecule has 2 rings (SSSR count). The van der Waals surface area contributed by atoms with Gasteiger partial charge in [0.05, 0.1) is 11.4 Å². The molecule has 18 heavy (non-hydrogen) atoms. The highest BCUT2D eigenvalue weighted by atomic mass is 35.5. The van der Waals surface area contributed by atoms with Crippen molar-refractivity contribution >= 4 is 28.9 Å². The Balaban J connectivity index is 2.27. The third kappa shape index (κ3) is 2.28. The van der Waals surface area contributed by atoms with Gasteiger partial charge in [-0.05, 0) is 19.1 Å². The summed E-state index contributed by atoms with van der Waals surface area (Å²) in [5, 5.41) is 7.08. The van der Waals surface area contributed by atoms with Crippen LogP contribution in [0.3, 0.4) is 0 Å². The second kappa shape index (κ2) is 4.66. The fraction of sp³-hybridized carbons (Fsp3) is 0.182. The van der Waals surface area contributed by atoms with E-state index in [1.807, 2.05) is 0 Å². The van der Waals surface area contributed by atoms with Crippen molar-refractivity contribution < 1.29 is 4.79 Å². The number of pyridine rings is 1. The molecule has 7 heteroatoms. The number of nitrogens with zero attached hydrogens (tertiary/aromatic N) is 3. The molecule has 0 aromatic carbocycles. The highest BCUT2D eigenvalue weighted by Crippen LogP contribution is 2.18. The molecule has 2 aromatic rings. The second-order valence-corrected chi connectivity index (χ2v) is 4.18. The Bertz CT molecular complexity index is 607. The number of aryl methyl sites for hydroxylation is 2. The summed E-state index contributed by atoms with van der Waals surface area (Å²) < 4.78 is 1.45. The average Bonchev–Trinajstić information content (AvgIpc) is 2.53. The summed E-state index contributed by atoms with van der Waals surface area (Å²) in [6.45, 7) is 1.75. The first-order chi connectivity index (χ1) is 8.49. The van der Waals surface area contributed by atoms with Crippen LogP contribution in [0.25, 0.3) is 0 Å². The van der Waals surface area contributed by atoms with Crippen LogP contribution >= 0.6 is 11.6 Å². The van der Waals surface area contributed by atoms with Crippen molar-refractivity contribution in [2.45, 2.75) is 6.92 Å². The zero-order valence-electron chi connectivity index (χ0n) is 9.94. The maximum atomic E-state index is 12.1. The monoisotopic (exact) mass is 265 g/mol. The van der Waals surface area contributed by atoms with E-state index >= 15 is 0 Å². The fourth-order valence-electron chi connectivity index (χ4n) is 1.61. The van der Waals surface area contributed by atoms with E-state index in [2.05, 4.69) is 15.4 Å². The molecule has 0 aliphatic carbocycles. The van der Waals surface area contributed by atoms with Crippen molar-refractivity contribution in [1.82, 2.24) is 14.8 Å². The van der Waals surface area contributed by atoms with Crippen LogP contribution < -0.4 is 11.1 Å². The number of rotatable bonds is 2. The van der Waals surface area contributed by atoms with Gasteiger partial charge in [0.15, 0.2) is 0 Å². The summed E-state index contributed by atoms with van der Waals surface area (Å²) in [5.74, 6) is -0.335. The average molecular weight is 266 g/mol. The molecule has 2 heterocycles. The van der Waals surface area contributed by atoms with Crippen LogP contribution in [0.4, 0.5) is 11.4 Å². The predicted molar refractivity (Wildman–Crippen MR) is 69.6 cm³/mol. The van der Waals surface area contributed by atoms with Crippen LogP contribution in [0.1, 0.15) is 16.2 Å². The molecule has 0 bridgehead atoms. The number of hydrogen-bond donors (Lipinski definition) is 2. The third-order valence-corrected chi connectivity index (χ3v) is 2.67. The van der Waals surface area contributed by atoms with E-state index in [-0.39, 0.29) is 5.91 Å². The molecule has 0 saturated heterocycles. The molecule has 0 unspecified atom stereocenters. The van der Waals surface area contributed by atoms with Gasteiger partial charge < -0.3 is 11.1 Å². The van der Waals surface area contributed by atoms with Crippen molar-refractivity contribution in [2.24, 2.45) is 7.05 Å². The number of nitrogens with two attached hydrogens (primary N) is 1. The van der Waals surface area contributed by atoms with Gasteiger partial charge in [0.2, 0.25) is 0 Å². The Morgan fingerprint density at radius 1 is 1.56 bits per heavy atom. The topological polar surface area (TPSA) is 85.8 Å². The summed E-state index contributed by atoms with van der Waals surface area (Å²) in [4.78, 5) is 15.9. The minimum atomic E-state index is -0.335. The van der Waals surface area contributed by atoms with Gasteiger partial charge in [-0.25, -0.2) is 4.98 Å². The van der Waals surface area contributed by atoms with E-state index in [0.29, 0.717) is 27.9 Å². The first-order valence-electron chi connectivity index (χ1n) is 5.21. The molecule has 2 aromatic heterocycles. The minimum absolute atomic E-state index is 0.307. The van der Waals surface area contributed by atoms with Gasteiger partial charge in [0.25, 0.3) is 5.91 Å². The Morgan fingerprint density at radius 3 is 2.83 bits per heavy atom. The second-order valence-electron chi connectivity index (χ2n) is 3.79. The number of hydrogen-bond acceptors (Lipinski definition) is 4. The van der Waals surface area contributed by atoms with Crippen molar-refractivity contribution in [2.75, 3.05) is 11.1 Å². The highest BCUT2D eigenvalue weighted by molar-refractivity contribution is 6.29. The Kier molecular flexibility index (Phi) is 3.20. The smallest absolute Gasteiger partial charge is 0.276 e. The van der Waals surface area contributed by atoms with Crippen molar-refractivity contribution in [3.63, 3.8) is 0 Å². The van der Waals surface area contributed by atoms with Crippen LogP contribution in [-0.4, -0.2) is 20.7 Å². The van der Waals surface area contributed by atoms with E-state index in [9.17, 15) is 4.79 Å². The number of halogens is 1. The minimum Gasteiger partial charge on any atom is -0.395 e. The molecule has 0 aliphatic rings. The Hall–Kier alpha value is -2.08. The lowest BCUT2D eigenvalue weighted by atomic mass is 10.3. The third-order valence-electron chi connectivity index (χ3n) is 2.47. The van der Waals surface area contributed by atoms with Gasteiger partial charge >= 0.3 is 0 Å². The van der Waals surface area contributed by atoms with Crippen molar-refractivity contribution in [1.29, 1.82) is 0 Å². The lowest BCUT2D eigenvalue weighted by molar-refractivity contribution is 0.101. The molecule has 3 N–H and O–H groups in total. The van der Waals surface area contributed by atoms with Gasteiger partial charge in [-0.1, -0.05) is 11.6 Å². The van der Waals surface area contributed by atoms with Crippen molar-refractivity contribution in [3.05, 3.63) is 34.9 Å². The number of nitrogens with one attached hydrogen (secondary N) is 1. The molecule has 0 aliphatic heterocycles. The summed E-state index contributed by atoms with van der Waals surface area (Å²) in [7, 11) is 1.66. The van der Waals surface area contributed by atoms with Gasteiger partial charge in [-0.15, -0.1) is 0 Å². The summed E-state index contributed by atoms with van der Waals surface area (Å²) in [6.07, 6.45) is 1.51. The first-order valence-corrected chi connectivity index (χ1v) is 5.59. The molecular formula is C11H12ClN5O. The molecule has 1 amide bonds. The zero-order chi connectivity index (χ0) is 13.3. The standard InChI is InChI=1S/C11H12ClN5O/c1-6-9(13)10(17(2)16-6)11(18)15-7-3-4-14-8(12)5-7/h3-5H,13H2,1-2H3,(H,14,15,18). The van der Waals surface area contributed by atoms with E-state index in [1.165, 1.54) is 10.9 Å². The van der Waals surface area contributed by atoms with Crippen LogP contribution in [0.2, 0.25) is 5.15 Å². The molecule has 0 fully saturated rings. The van der Waals surface area contributed by atoms with Crippen LogP contribution in [0.15, 0.2) is 18.3 Å². The molecule has 0 atom stereocenters. The van der Waals surface area contributed by atoms with Gasteiger partial charge in [0, 0.05) is 18.9 Å². The first kappa shape index (κ1) is 12.4. The van der Waals surface area contributed by atoms with E-state index < -0.39 is 0 Å². The summed E-state index contributed by atoms with van der Waals surface area (Å²) >= 11 is 5.74. The Morgan fingerprint density at radius 2 is 2.28 bits per heavy atom. The van der Waals surface area contributed by atoms with E-state index in [4.69, 9.17) is 17.3 Å². The Labute approximate surface area is 109 Å². The number of anilines is 2. The fourth-order valence-corrected chi connectivity index (χ4v) is 1.79. The van der Waals surface area contributed by atoms with Crippen LogP contribution in [0.5, 0.6) is 0 Å². The number of carbonyl (C=O) groups excluding carboxylic acids is 1. The van der Waals surface area contributed by atoms with E-state index in [0.717, 1.165) is 0 Å². The molecular weight excluding hydrogens is 254 g/mol. The maximum Gasteiger partial charge on any atom is 0.276 e. The van der Waals surface area contributed by atoms with Gasteiger partial charge in [0.1, 0.15) is 10.8 Å². The number of aromatic nitrogens is 3. The SMILES string of the molecule is Cc1nn(C)c(C(=O)Nc2ccnc(Cl)c2)c1N. The lowest BCUT2D eigenvalue weighted by Gasteiger charge is -2.06. The van der Waals surface area contributed by atoms with Gasteiger partial charge in [-0.2, -0.15) is 5.10 Å². The number of amides is 1. The summed E-state index contributed by atoms with van der Waals surface area (Å²) in [5.41, 5.74) is 7.67. The van der Waals surface area contributed by atoms with Crippen molar-refractivity contribution in [3.8, 4) is 0 Å². The lowest BCUT2D eigenvalue weighted by Crippen LogP contribution is -2.17. The zero-order valence-corrected chi connectivity index (χ0v) is 10.7. The quantitative estimate of drug-likeness (QED) is 0.808. The van der Waals surface area contributed by atoms with Crippen LogP contribution in [-0.2, 0) is 7.05 Å². The van der Waals surface area contributed by atoms with E-state index in [1.54, 1.807) is 26.1 Å².